The fourth-order valence-electron chi connectivity index (χ4n) is 8.99. The molecule has 3 heterocycles. The predicted octanol–water partition coefficient (Wildman–Crippen LogP) is 14.7. The zero-order valence-electron chi connectivity index (χ0n) is 29.8. The molecule has 0 N–H and O–H groups in total. The van der Waals surface area contributed by atoms with E-state index in [0.29, 0.717) is 0 Å². The minimum Gasteiger partial charge on any atom is -0.309 e. The summed E-state index contributed by atoms with van der Waals surface area (Å²) in [4.78, 5) is 0. The lowest BCUT2D eigenvalue weighted by molar-refractivity contribution is 1.18. The third-order valence-electron chi connectivity index (χ3n) is 11.5. The average molecular weight is 717 g/mol. The van der Waals surface area contributed by atoms with Crippen LogP contribution in [-0.4, -0.2) is 9.13 Å². The molecule has 12 rings (SSSR count). The zero-order valence-corrected chi connectivity index (χ0v) is 30.6. The molecule has 0 aliphatic carbocycles. The molecule has 3 aromatic heterocycles. The summed E-state index contributed by atoms with van der Waals surface area (Å²) in [5, 5.41) is 10.3. The van der Waals surface area contributed by atoms with Crippen LogP contribution < -0.4 is 0 Å². The molecule has 0 amide bonds. The molecule has 9 aromatic carbocycles. The van der Waals surface area contributed by atoms with Gasteiger partial charge in [-0.2, -0.15) is 0 Å². The molecule has 0 fully saturated rings. The Kier molecular flexibility index (Phi) is 6.54. The van der Waals surface area contributed by atoms with Gasteiger partial charge in [-0.05, 0) is 106 Å². The molecule has 0 unspecified atom stereocenters. The van der Waals surface area contributed by atoms with Crippen molar-refractivity contribution in [2.24, 2.45) is 0 Å². The Labute approximate surface area is 321 Å². The highest BCUT2D eigenvalue weighted by molar-refractivity contribution is 7.26. The van der Waals surface area contributed by atoms with Gasteiger partial charge in [0.25, 0.3) is 0 Å². The monoisotopic (exact) mass is 716 g/mol. The summed E-state index contributed by atoms with van der Waals surface area (Å²) >= 11 is 1.88. The van der Waals surface area contributed by atoms with Crippen LogP contribution in [0.5, 0.6) is 0 Å². The number of para-hydroxylation sites is 1. The molecule has 0 radical (unpaired) electrons. The van der Waals surface area contributed by atoms with E-state index in [4.69, 9.17) is 0 Å². The Morgan fingerprint density at radius 3 is 1.78 bits per heavy atom. The number of nitrogens with zero attached hydrogens (tertiary/aromatic N) is 2. The number of hydrogen-bond donors (Lipinski definition) is 0. The smallest absolute Gasteiger partial charge is 0.0548 e. The van der Waals surface area contributed by atoms with Gasteiger partial charge in [0.15, 0.2) is 0 Å². The largest absolute Gasteiger partial charge is 0.309 e. The van der Waals surface area contributed by atoms with E-state index in [1.807, 2.05) is 11.3 Å². The van der Waals surface area contributed by atoms with Crippen LogP contribution in [0.25, 0.3) is 108 Å². The van der Waals surface area contributed by atoms with Gasteiger partial charge in [0, 0.05) is 53.1 Å². The summed E-state index contributed by atoms with van der Waals surface area (Å²) in [5.41, 5.74) is 12.1. The highest BCUT2D eigenvalue weighted by atomic mass is 32.1. The molecular formula is C52H32N2S. The fourth-order valence-corrected chi connectivity index (χ4v) is 10.1. The molecule has 3 heteroatoms. The summed E-state index contributed by atoms with van der Waals surface area (Å²) in [6.45, 7) is 0. The highest BCUT2D eigenvalue weighted by Crippen LogP contribution is 2.45. The maximum Gasteiger partial charge on any atom is 0.0548 e. The molecule has 0 saturated carbocycles. The van der Waals surface area contributed by atoms with Crippen molar-refractivity contribution >= 4 is 85.9 Å². The molecule has 55 heavy (non-hydrogen) atoms. The first-order valence-corrected chi connectivity index (χ1v) is 19.7. The number of fused-ring (bicyclic) bond motifs is 11. The van der Waals surface area contributed by atoms with Crippen molar-refractivity contribution in [3.8, 4) is 33.6 Å². The first kappa shape index (κ1) is 30.5. The van der Waals surface area contributed by atoms with E-state index >= 15 is 0 Å². The third kappa shape index (κ3) is 4.60. The van der Waals surface area contributed by atoms with Crippen molar-refractivity contribution in [1.29, 1.82) is 0 Å². The second kappa shape index (κ2) is 11.8. The van der Waals surface area contributed by atoms with Gasteiger partial charge in [-0.15, -0.1) is 11.3 Å². The first-order chi connectivity index (χ1) is 27.3. The van der Waals surface area contributed by atoms with Crippen molar-refractivity contribution in [2.45, 2.75) is 0 Å². The Balaban J connectivity index is 1.09. The van der Waals surface area contributed by atoms with E-state index in [0.717, 1.165) is 5.69 Å². The highest BCUT2D eigenvalue weighted by Gasteiger charge is 2.20. The lowest BCUT2D eigenvalue weighted by atomic mass is 9.99. The molecule has 0 aliphatic heterocycles. The van der Waals surface area contributed by atoms with Crippen LogP contribution in [0.2, 0.25) is 0 Å². The lowest BCUT2D eigenvalue weighted by Gasteiger charge is -2.11. The van der Waals surface area contributed by atoms with Gasteiger partial charge in [-0.1, -0.05) is 121 Å². The van der Waals surface area contributed by atoms with Gasteiger partial charge >= 0.3 is 0 Å². The van der Waals surface area contributed by atoms with E-state index in [1.54, 1.807) is 0 Å². The second-order valence-electron chi connectivity index (χ2n) is 14.5. The summed E-state index contributed by atoms with van der Waals surface area (Å²) in [6.07, 6.45) is 0. The van der Waals surface area contributed by atoms with E-state index in [-0.39, 0.29) is 0 Å². The van der Waals surface area contributed by atoms with Gasteiger partial charge in [0.1, 0.15) is 0 Å². The topological polar surface area (TPSA) is 9.86 Å². The maximum absolute atomic E-state index is 2.47. The maximum atomic E-state index is 2.47. The molecule has 12 aromatic rings. The van der Waals surface area contributed by atoms with Crippen molar-refractivity contribution in [2.75, 3.05) is 0 Å². The van der Waals surface area contributed by atoms with E-state index in [9.17, 15) is 0 Å². The molecule has 0 spiro atoms. The van der Waals surface area contributed by atoms with Gasteiger partial charge < -0.3 is 9.13 Å². The van der Waals surface area contributed by atoms with Gasteiger partial charge in [-0.3, -0.25) is 0 Å². The first-order valence-electron chi connectivity index (χ1n) is 18.8. The number of aromatic nitrogens is 2. The molecule has 0 atom stereocenters. The van der Waals surface area contributed by atoms with Crippen LogP contribution in [0.1, 0.15) is 0 Å². The predicted molar refractivity (Wildman–Crippen MR) is 236 cm³/mol. The summed E-state index contributed by atoms with van der Waals surface area (Å²) in [6, 6.07) is 71.4. The minimum atomic E-state index is 1.16. The Morgan fingerprint density at radius 1 is 0.291 bits per heavy atom. The van der Waals surface area contributed by atoms with E-state index in [1.165, 1.54) is 102 Å². The zero-order chi connectivity index (χ0) is 36.0. The van der Waals surface area contributed by atoms with E-state index < -0.39 is 0 Å². The Morgan fingerprint density at radius 2 is 0.909 bits per heavy atom. The number of thiophene rings is 1. The number of hydrogen-bond acceptors (Lipinski definition) is 1. The summed E-state index contributed by atoms with van der Waals surface area (Å²) in [5.74, 6) is 0. The molecule has 0 aliphatic rings. The van der Waals surface area contributed by atoms with Crippen molar-refractivity contribution in [1.82, 2.24) is 9.13 Å². The van der Waals surface area contributed by atoms with E-state index in [2.05, 4.69) is 203 Å². The lowest BCUT2D eigenvalue weighted by Crippen LogP contribution is -1.94. The minimum absolute atomic E-state index is 1.16. The quantitative estimate of drug-likeness (QED) is 0.172. The average Bonchev–Trinajstić information content (AvgIpc) is 3.91. The molecule has 0 saturated heterocycles. The molecular weight excluding hydrogens is 685 g/mol. The van der Waals surface area contributed by atoms with Gasteiger partial charge in [0.2, 0.25) is 0 Å². The van der Waals surface area contributed by atoms with Gasteiger partial charge in [-0.25, -0.2) is 0 Å². The van der Waals surface area contributed by atoms with Crippen LogP contribution in [0.15, 0.2) is 194 Å². The third-order valence-corrected chi connectivity index (χ3v) is 12.6. The van der Waals surface area contributed by atoms with Crippen LogP contribution >= 0.6 is 11.3 Å². The number of rotatable bonds is 4. The van der Waals surface area contributed by atoms with Crippen molar-refractivity contribution in [3.63, 3.8) is 0 Å². The standard InChI is InChI=1S/C52H32N2S/c1-2-11-33(12-3-1)36-15-10-16-39(29-36)53-45-19-8-6-17-41(45)43-31-37(22-25-46(43)53)38-23-26-47-44(32-38)51-48(27-28-50-52(51)42-18-7-9-20-49(42)55-50)54(47)40-24-21-34-13-4-5-14-35(34)30-40/h1-32H. The number of benzene rings is 9. The van der Waals surface area contributed by atoms with Gasteiger partial charge in [0.05, 0.1) is 22.1 Å². The Bertz CT molecular complexity index is 3490. The van der Waals surface area contributed by atoms with Crippen LogP contribution in [0.3, 0.4) is 0 Å². The van der Waals surface area contributed by atoms with Crippen molar-refractivity contribution in [3.05, 3.63) is 194 Å². The summed E-state index contributed by atoms with van der Waals surface area (Å²) in [7, 11) is 0. The SMILES string of the molecule is c1ccc(-c2cccc(-n3c4ccccc4c4cc(-c5ccc6c(c5)c5c7c(ccc5n6-c5ccc6ccccc6c5)sc5ccccc57)ccc43)c2)cc1. The summed E-state index contributed by atoms with van der Waals surface area (Å²) < 4.78 is 7.53. The molecule has 256 valence electrons. The second-order valence-corrected chi connectivity index (χ2v) is 15.6. The van der Waals surface area contributed by atoms with Crippen molar-refractivity contribution < 1.29 is 0 Å². The van der Waals surface area contributed by atoms with Crippen LogP contribution in [0.4, 0.5) is 0 Å². The molecule has 0 bridgehead atoms. The molecule has 2 nitrogen and oxygen atoms in total. The van der Waals surface area contributed by atoms with Crippen LogP contribution in [-0.2, 0) is 0 Å². The Hall–Kier alpha value is -6.94. The van der Waals surface area contributed by atoms with Crippen LogP contribution in [0, 0.1) is 0 Å². The normalized spacial score (nSPS) is 12.0. The fraction of sp³-hybridized carbons (Fsp3) is 0.